The van der Waals surface area contributed by atoms with E-state index in [1.165, 1.54) is 38.2 Å². The Morgan fingerprint density at radius 3 is 2.86 bits per heavy atom. The maximum Gasteiger partial charge on any atom is 0.137 e. The number of rotatable bonds is 7. The highest BCUT2D eigenvalue weighted by Crippen LogP contribution is 2.16. The third-order valence-corrected chi connectivity index (χ3v) is 4.34. The molecule has 0 bridgehead atoms. The summed E-state index contributed by atoms with van der Waals surface area (Å²) in [4.78, 5) is 12.0. The van der Waals surface area contributed by atoms with Crippen LogP contribution in [0.4, 0.5) is 0 Å². The Morgan fingerprint density at radius 2 is 2.14 bits per heavy atom. The summed E-state index contributed by atoms with van der Waals surface area (Å²) in [6, 6.07) is 8.21. The number of carboxylic acids is 1. The number of likely N-dealkylation sites (N-methyl/N-ethyl adjacent to an activating group) is 1. The summed E-state index contributed by atoms with van der Waals surface area (Å²) in [7, 11) is 2.25. The Balaban J connectivity index is 1.78. The van der Waals surface area contributed by atoms with Crippen LogP contribution in [0.25, 0.3) is 6.08 Å². The van der Waals surface area contributed by atoms with Gasteiger partial charge in [0.1, 0.15) is 18.9 Å². The van der Waals surface area contributed by atoms with E-state index in [-0.39, 0.29) is 0 Å². The van der Waals surface area contributed by atoms with E-state index in [1.54, 1.807) is 4.90 Å². The van der Waals surface area contributed by atoms with E-state index < -0.39 is 5.97 Å². The predicted molar refractivity (Wildman–Crippen MR) is 84.6 cm³/mol. The monoisotopic (exact) mass is 303 g/mol. The Kier molecular flexibility index (Phi) is 6.46. The highest BCUT2D eigenvalue weighted by atomic mass is 16.5. The smallest absolute Gasteiger partial charge is 0.137 e. The SMILES string of the molecule is C[NH+](CCOc1cccc(/C=C/C(=O)[O-])c1)C1CCCCC1. The molecule has 0 aromatic heterocycles. The zero-order chi connectivity index (χ0) is 15.8. The van der Waals surface area contributed by atoms with Crippen LogP contribution < -0.4 is 14.7 Å². The van der Waals surface area contributed by atoms with Crippen LogP contribution in [-0.4, -0.2) is 32.2 Å². The van der Waals surface area contributed by atoms with E-state index in [0.717, 1.165) is 30.0 Å². The second-order valence-corrected chi connectivity index (χ2v) is 6.00. The molecule has 0 amide bonds. The molecule has 0 saturated heterocycles. The molecule has 0 aliphatic heterocycles. The molecule has 1 fully saturated rings. The van der Waals surface area contributed by atoms with Crippen LogP contribution in [0.3, 0.4) is 0 Å². The maximum atomic E-state index is 10.4. The Bertz CT molecular complexity index is 507. The third kappa shape index (κ3) is 5.53. The number of hydrogen-bond donors (Lipinski definition) is 1. The minimum atomic E-state index is -1.19. The number of aliphatic carboxylic acids is 1. The van der Waals surface area contributed by atoms with Gasteiger partial charge in [-0.15, -0.1) is 0 Å². The number of quaternary nitrogens is 1. The molecule has 1 N–H and O–H groups in total. The molecule has 4 nitrogen and oxygen atoms in total. The van der Waals surface area contributed by atoms with Crippen molar-refractivity contribution in [1.82, 2.24) is 0 Å². The number of carboxylic acid groups (broad SMARTS) is 1. The summed E-state index contributed by atoms with van der Waals surface area (Å²) in [6.45, 7) is 1.67. The molecule has 1 aromatic rings. The van der Waals surface area contributed by atoms with E-state index in [1.807, 2.05) is 24.3 Å². The van der Waals surface area contributed by atoms with Crippen LogP contribution >= 0.6 is 0 Å². The van der Waals surface area contributed by atoms with Crippen molar-refractivity contribution in [2.24, 2.45) is 0 Å². The van der Waals surface area contributed by atoms with E-state index >= 15 is 0 Å². The van der Waals surface area contributed by atoms with Crippen molar-refractivity contribution in [3.63, 3.8) is 0 Å². The van der Waals surface area contributed by atoms with Gasteiger partial charge in [0.25, 0.3) is 0 Å². The molecule has 120 valence electrons. The number of benzene rings is 1. The van der Waals surface area contributed by atoms with Gasteiger partial charge in [-0.05, 0) is 49.5 Å². The summed E-state index contributed by atoms with van der Waals surface area (Å²) in [6.07, 6.45) is 9.30. The fourth-order valence-electron chi connectivity index (χ4n) is 3.00. The lowest BCUT2D eigenvalue weighted by molar-refractivity contribution is -0.907. The van der Waals surface area contributed by atoms with Crippen LogP contribution in [0.1, 0.15) is 37.7 Å². The average Bonchev–Trinajstić information content (AvgIpc) is 2.54. The molecule has 0 spiro atoms. The van der Waals surface area contributed by atoms with Crippen LogP contribution in [0.5, 0.6) is 5.75 Å². The first kappa shape index (κ1) is 16.6. The molecule has 4 heteroatoms. The molecule has 1 atom stereocenters. The van der Waals surface area contributed by atoms with Gasteiger partial charge >= 0.3 is 0 Å². The van der Waals surface area contributed by atoms with Gasteiger partial charge in [-0.1, -0.05) is 24.6 Å². The Hall–Kier alpha value is -1.81. The molecule has 1 unspecified atom stereocenters. The van der Waals surface area contributed by atoms with Crippen molar-refractivity contribution in [3.05, 3.63) is 35.9 Å². The summed E-state index contributed by atoms with van der Waals surface area (Å²) < 4.78 is 5.80. The van der Waals surface area contributed by atoms with Gasteiger partial charge < -0.3 is 19.5 Å². The van der Waals surface area contributed by atoms with Crippen molar-refractivity contribution in [2.75, 3.05) is 20.2 Å². The minimum Gasteiger partial charge on any atom is -0.545 e. The molecule has 0 heterocycles. The largest absolute Gasteiger partial charge is 0.545 e. The lowest BCUT2D eigenvalue weighted by Gasteiger charge is -2.28. The van der Waals surface area contributed by atoms with Crippen molar-refractivity contribution in [2.45, 2.75) is 38.1 Å². The van der Waals surface area contributed by atoms with Gasteiger partial charge in [0, 0.05) is 0 Å². The van der Waals surface area contributed by atoms with Gasteiger partial charge in [-0.2, -0.15) is 0 Å². The third-order valence-electron chi connectivity index (χ3n) is 4.34. The van der Waals surface area contributed by atoms with Crippen molar-refractivity contribution >= 4 is 12.0 Å². The lowest BCUT2D eigenvalue weighted by Crippen LogP contribution is -3.13. The highest BCUT2D eigenvalue weighted by Gasteiger charge is 2.20. The quantitative estimate of drug-likeness (QED) is 0.754. The number of carbonyl (C=O) groups excluding carboxylic acids is 1. The number of ether oxygens (including phenoxy) is 1. The first-order valence-corrected chi connectivity index (χ1v) is 8.09. The lowest BCUT2D eigenvalue weighted by atomic mass is 9.94. The fourth-order valence-corrected chi connectivity index (χ4v) is 3.00. The average molecular weight is 303 g/mol. The van der Waals surface area contributed by atoms with E-state index in [2.05, 4.69) is 7.05 Å². The molecule has 1 saturated carbocycles. The number of carbonyl (C=O) groups is 1. The predicted octanol–water partition coefficient (Wildman–Crippen LogP) is 0.676. The number of nitrogens with one attached hydrogen (secondary N) is 1. The molecule has 0 radical (unpaired) electrons. The zero-order valence-electron chi connectivity index (χ0n) is 13.2. The fraction of sp³-hybridized carbons (Fsp3) is 0.500. The Morgan fingerprint density at radius 1 is 1.36 bits per heavy atom. The molecular formula is C18H25NO3. The van der Waals surface area contributed by atoms with Gasteiger partial charge in [0.05, 0.1) is 19.1 Å². The van der Waals surface area contributed by atoms with E-state index in [4.69, 9.17) is 4.74 Å². The summed E-state index contributed by atoms with van der Waals surface area (Å²) >= 11 is 0. The first-order chi connectivity index (χ1) is 10.6. The first-order valence-electron chi connectivity index (χ1n) is 8.09. The Labute approximate surface area is 132 Å². The van der Waals surface area contributed by atoms with Crippen molar-refractivity contribution < 1.29 is 19.5 Å². The normalized spacial score (nSPS) is 17.5. The van der Waals surface area contributed by atoms with Crippen molar-refractivity contribution in [1.29, 1.82) is 0 Å². The number of hydrogen-bond acceptors (Lipinski definition) is 3. The molecule has 2 rings (SSSR count). The molecule has 1 aromatic carbocycles. The van der Waals surface area contributed by atoms with Gasteiger partial charge in [-0.3, -0.25) is 0 Å². The second-order valence-electron chi connectivity index (χ2n) is 6.00. The van der Waals surface area contributed by atoms with Gasteiger partial charge in [-0.25, -0.2) is 0 Å². The highest BCUT2D eigenvalue weighted by molar-refractivity contribution is 5.83. The molecule has 1 aliphatic rings. The second kappa shape index (κ2) is 8.59. The molecular weight excluding hydrogens is 278 g/mol. The minimum absolute atomic E-state index is 0.677. The molecule has 22 heavy (non-hydrogen) atoms. The van der Waals surface area contributed by atoms with Gasteiger partial charge in [0.15, 0.2) is 0 Å². The van der Waals surface area contributed by atoms with E-state index in [0.29, 0.717) is 6.61 Å². The van der Waals surface area contributed by atoms with Crippen LogP contribution in [0.2, 0.25) is 0 Å². The summed E-state index contributed by atoms with van der Waals surface area (Å²) in [5.41, 5.74) is 0.801. The van der Waals surface area contributed by atoms with E-state index in [9.17, 15) is 9.90 Å². The van der Waals surface area contributed by atoms with Gasteiger partial charge in [0.2, 0.25) is 0 Å². The summed E-state index contributed by atoms with van der Waals surface area (Å²) in [5.74, 6) is -0.416. The summed E-state index contributed by atoms with van der Waals surface area (Å²) in [5, 5.41) is 10.4. The van der Waals surface area contributed by atoms with Crippen LogP contribution in [-0.2, 0) is 4.79 Å². The molecule has 1 aliphatic carbocycles. The van der Waals surface area contributed by atoms with Crippen molar-refractivity contribution in [3.8, 4) is 5.75 Å². The zero-order valence-corrected chi connectivity index (χ0v) is 13.2. The van der Waals surface area contributed by atoms with Crippen LogP contribution in [0, 0.1) is 0 Å². The van der Waals surface area contributed by atoms with Crippen LogP contribution in [0.15, 0.2) is 30.3 Å². The topological polar surface area (TPSA) is 53.8 Å². The maximum absolute atomic E-state index is 10.4. The standard InChI is InChI=1S/C18H25NO3/c1-19(16-7-3-2-4-8-16)12-13-22-17-9-5-6-15(14-17)10-11-18(20)21/h5-6,9-11,14,16H,2-4,7-8,12-13H2,1H3,(H,20,21)/b11-10+.